The number of hydrogen-bond donors (Lipinski definition) is 0. The Hall–Kier alpha value is -1.48. The van der Waals surface area contributed by atoms with E-state index in [0.717, 1.165) is 51.3 Å². The number of rotatable bonds is 4. The van der Waals surface area contributed by atoms with E-state index in [4.69, 9.17) is 4.74 Å². The van der Waals surface area contributed by atoms with Crippen LogP contribution in [0.2, 0.25) is 0 Å². The first-order valence-electron chi connectivity index (χ1n) is 6.81. The molecule has 1 aromatic carbocycles. The first kappa shape index (κ1) is 12.5. The van der Waals surface area contributed by atoms with Crippen molar-refractivity contribution in [1.82, 2.24) is 4.90 Å². The van der Waals surface area contributed by atoms with Crippen LogP contribution in [-0.2, 0) is 21.6 Å². The minimum Gasteiger partial charge on any atom is -0.379 e. The number of nitrogens with zero attached hydrogens (tertiary/aromatic N) is 2. The first-order valence-corrected chi connectivity index (χ1v) is 6.81. The normalized spacial score (nSPS) is 21.7. The van der Waals surface area contributed by atoms with Gasteiger partial charge in [-0.25, -0.2) is 4.79 Å². The van der Waals surface area contributed by atoms with Crippen molar-refractivity contribution in [2.45, 2.75) is 24.9 Å². The van der Waals surface area contributed by atoms with Crippen molar-refractivity contribution in [3.8, 4) is 0 Å². The van der Waals surface area contributed by atoms with Gasteiger partial charge < -0.3 is 4.74 Å². The van der Waals surface area contributed by atoms with Gasteiger partial charge in [-0.2, -0.15) is 4.99 Å². The molecule has 2 aliphatic rings. The van der Waals surface area contributed by atoms with Gasteiger partial charge in [0, 0.05) is 19.6 Å². The van der Waals surface area contributed by atoms with E-state index < -0.39 is 0 Å². The predicted molar refractivity (Wildman–Crippen MR) is 71.6 cm³/mol. The zero-order valence-electron chi connectivity index (χ0n) is 11.0. The standard InChI is InChI=1S/C15H18N2O2/c18-12-16-15(4-5-15)14-3-1-2-13(10-14)11-17-6-8-19-9-7-17/h1-3,10H,4-9,11H2. The van der Waals surface area contributed by atoms with E-state index in [9.17, 15) is 4.79 Å². The van der Waals surface area contributed by atoms with Crippen LogP contribution in [0, 0.1) is 0 Å². The van der Waals surface area contributed by atoms with Crippen LogP contribution in [0.5, 0.6) is 0 Å². The minimum atomic E-state index is -0.261. The highest BCUT2D eigenvalue weighted by Crippen LogP contribution is 2.49. The Morgan fingerprint density at radius 1 is 1.32 bits per heavy atom. The molecular weight excluding hydrogens is 240 g/mol. The first-order chi connectivity index (χ1) is 9.32. The zero-order chi connectivity index (χ0) is 13.1. The van der Waals surface area contributed by atoms with Gasteiger partial charge in [0.2, 0.25) is 6.08 Å². The maximum absolute atomic E-state index is 10.5. The highest BCUT2D eigenvalue weighted by molar-refractivity contribution is 5.42. The van der Waals surface area contributed by atoms with Crippen LogP contribution in [0.25, 0.3) is 0 Å². The van der Waals surface area contributed by atoms with Gasteiger partial charge in [-0.15, -0.1) is 0 Å². The molecule has 0 atom stereocenters. The van der Waals surface area contributed by atoms with Gasteiger partial charge in [0.1, 0.15) is 0 Å². The Balaban J connectivity index is 1.74. The Bertz CT molecular complexity index is 499. The number of aliphatic imine (C=N–C) groups is 1. The fourth-order valence-corrected chi connectivity index (χ4v) is 2.65. The molecule has 1 aliphatic heterocycles. The van der Waals surface area contributed by atoms with Crippen molar-refractivity contribution in [2.24, 2.45) is 4.99 Å². The van der Waals surface area contributed by atoms with E-state index in [1.54, 1.807) is 6.08 Å². The van der Waals surface area contributed by atoms with E-state index in [1.807, 2.05) is 0 Å². The maximum Gasteiger partial charge on any atom is 0.235 e. The summed E-state index contributed by atoms with van der Waals surface area (Å²) in [5, 5.41) is 0. The largest absolute Gasteiger partial charge is 0.379 e. The van der Waals surface area contributed by atoms with E-state index in [2.05, 4.69) is 34.2 Å². The highest BCUT2D eigenvalue weighted by Gasteiger charge is 2.44. The van der Waals surface area contributed by atoms with Crippen molar-refractivity contribution in [2.75, 3.05) is 26.3 Å². The highest BCUT2D eigenvalue weighted by atomic mass is 16.5. The van der Waals surface area contributed by atoms with Crippen LogP contribution < -0.4 is 0 Å². The molecule has 19 heavy (non-hydrogen) atoms. The molecule has 4 nitrogen and oxygen atoms in total. The number of carbonyl (C=O) groups excluding carboxylic acids is 1. The van der Waals surface area contributed by atoms with Crippen molar-refractivity contribution in [3.05, 3.63) is 35.4 Å². The minimum absolute atomic E-state index is 0.261. The average molecular weight is 258 g/mol. The number of isocyanates is 1. The number of hydrogen-bond acceptors (Lipinski definition) is 4. The van der Waals surface area contributed by atoms with Gasteiger partial charge in [-0.1, -0.05) is 24.3 Å². The topological polar surface area (TPSA) is 41.9 Å². The van der Waals surface area contributed by atoms with E-state index in [0.29, 0.717) is 0 Å². The van der Waals surface area contributed by atoms with Gasteiger partial charge in [0.25, 0.3) is 0 Å². The summed E-state index contributed by atoms with van der Waals surface area (Å²) < 4.78 is 5.36. The molecule has 0 unspecified atom stereocenters. The summed E-state index contributed by atoms with van der Waals surface area (Å²) in [7, 11) is 0. The molecule has 1 saturated carbocycles. The Morgan fingerprint density at radius 2 is 2.11 bits per heavy atom. The average Bonchev–Trinajstić information content (AvgIpc) is 3.22. The number of benzene rings is 1. The van der Waals surface area contributed by atoms with Gasteiger partial charge in [0.15, 0.2) is 0 Å². The molecule has 2 fully saturated rings. The lowest BCUT2D eigenvalue weighted by molar-refractivity contribution is 0.0342. The lowest BCUT2D eigenvalue weighted by Crippen LogP contribution is -2.35. The zero-order valence-corrected chi connectivity index (χ0v) is 11.0. The fourth-order valence-electron chi connectivity index (χ4n) is 2.65. The van der Waals surface area contributed by atoms with Crippen molar-refractivity contribution in [3.63, 3.8) is 0 Å². The second-order valence-electron chi connectivity index (χ2n) is 5.32. The van der Waals surface area contributed by atoms with Crippen molar-refractivity contribution >= 4 is 6.08 Å². The smallest absolute Gasteiger partial charge is 0.235 e. The Morgan fingerprint density at radius 3 is 2.79 bits per heavy atom. The molecule has 0 spiro atoms. The molecular formula is C15H18N2O2. The van der Waals surface area contributed by atoms with Crippen LogP contribution >= 0.6 is 0 Å². The third kappa shape index (κ3) is 2.76. The van der Waals surface area contributed by atoms with Crippen molar-refractivity contribution in [1.29, 1.82) is 0 Å². The molecule has 3 rings (SSSR count). The van der Waals surface area contributed by atoms with Gasteiger partial charge in [-0.3, -0.25) is 4.90 Å². The van der Waals surface area contributed by atoms with Gasteiger partial charge in [0.05, 0.1) is 18.8 Å². The molecule has 0 radical (unpaired) electrons. The molecule has 1 aliphatic carbocycles. The molecule has 1 heterocycles. The molecule has 0 bridgehead atoms. The van der Waals surface area contributed by atoms with E-state index in [-0.39, 0.29) is 5.54 Å². The third-order valence-electron chi connectivity index (χ3n) is 3.96. The molecule has 4 heteroatoms. The monoisotopic (exact) mass is 258 g/mol. The molecule has 1 aromatic rings. The second kappa shape index (κ2) is 5.25. The fraction of sp³-hybridized carbons (Fsp3) is 0.533. The van der Waals surface area contributed by atoms with E-state index >= 15 is 0 Å². The maximum atomic E-state index is 10.5. The predicted octanol–water partition coefficient (Wildman–Crippen LogP) is 1.84. The molecule has 100 valence electrons. The molecule has 0 aromatic heterocycles. The summed E-state index contributed by atoms with van der Waals surface area (Å²) in [5.74, 6) is 0. The molecule has 0 N–H and O–H groups in total. The SMILES string of the molecule is O=C=NC1(c2cccc(CN3CCOCC3)c2)CC1. The summed E-state index contributed by atoms with van der Waals surface area (Å²) in [6, 6.07) is 8.45. The Kier molecular flexibility index (Phi) is 3.47. The van der Waals surface area contributed by atoms with Crippen molar-refractivity contribution < 1.29 is 9.53 Å². The quantitative estimate of drug-likeness (QED) is 0.611. The second-order valence-corrected chi connectivity index (χ2v) is 5.32. The van der Waals surface area contributed by atoms with Crippen LogP contribution in [0.15, 0.2) is 29.3 Å². The van der Waals surface area contributed by atoms with E-state index in [1.165, 1.54) is 5.56 Å². The number of ether oxygens (including phenoxy) is 1. The van der Waals surface area contributed by atoms with Gasteiger partial charge in [-0.05, 0) is 24.0 Å². The summed E-state index contributed by atoms with van der Waals surface area (Å²) in [6.07, 6.45) is 3.64. The number of morpholine rings is 1. The summed E-state index contributed by atoms with van der Waals surface area (Å²) in [6.45, 7) is 4.56. The lowest BCUT2D eigenvalue weighted by atomic mass is 10.0. The van der Waals surface area contributed by atoms with Crippen LogP contribution in [-0.4, -0.2) is 37.3 Å². The third-order valence-corrected chi connectivity index (χ3v) is 3.96. The molecule has 1 saturated heterocycles. The summed E-state index contributed by atoms with van der Waals surface area (Å²) in [5.41, 5.74) is 2.18. The molecule has 0 amide bonds. The van der Waals surface area contributed by atoms with Crippen LogP contribution in [0.1, 0.15) is 24.0 Å². The lowest BCUT2D eigenvalue weighted by Gasteiger charge is -2.26. The summed E-state index contributed by atoms with van der Waals surface area (Å²) >= 11 is 0. The Labute approximate surface area is 113 Å². The van der Waals surface area contributed by atoms with Gasteiger partial charge >= 0.3 is 0 Å². The summed E-state index contributed by atoms with van der Waals surface area (Å²) in [4.78, 5) is 16.9. The van der Waals surface area contributed by atoms with Crippen LogP contribution in [0.4, 0.5) is 0 Å². The van der Waals surface area contributed by atoms with Crippen LogP contribution in [0.3, 0.4) is 0 Å².